The van der Waals surface area contributed by atoms with Crippen LogP contribution >= 0.6 is 0 Å². The number of benzene rings is 1. The van der Waals surface area contributed by atoms with E-state index in [-0.39, 0.29) is 6.42 Å². The van der Waals surface area contributed by atoms with Crippen molar-refractivity contribution in [3.05, 3.63) is 35.9 Å². The summed E-state index contributed by atoms with van der Waals surface area (Å²) in [4.78, 5) is 110. The number of carbonyl (C=O) groups is 9. The number of aliphatic hydroxyl groups excluding tert-OH is 1. The van der Waals surface area contributed by atoms with E-state index in [9.17, 15) is 53.4 Å². The summed E-state index contributed by atoms with van der Waals surface area (Å²) in [5.74, 6) is -10.0. The average Bonchev–Trinajstić information content (AvgIpc) is 3.03. The predicted octanol–water partition coefficient (Wildman–Crippen LogP) is -4.45. The van der Waals surface area contributed by atoms with Crippen molar-refractivity contribution in [2.24, 2.45) is 5.73 Å². The number of aliphatic hydroxyl groups is 1. The molecule has 0 bridgehead atoms. The molecule has 0 aliphatic rings. The van der Waals surface area contributed by atoms with Crippen LogP contribution in [-0.2, 0) is 49.6 Å². The minimum atomic E-state index is -1.70. The quantitative estimate of drug-likeness (QED) is 0.0578. The minimum absolute atomic E-state index is 0.154. The zero-order valence-corrected chi connectivity index (χ0v) is 26.6. The molecule has 1 aromatic rings. The highest BCUT2D eigenvalue weighted by molar-refractivity contribution is 5.97. The van der Waals surface area contributed by atoms with Gasteiger partial charge in [-0.25, -0.2) is 0 Å². The van der Waals surface area contributed by atoms with Crippen molar-refractivity contribution in [1.29, 1.82) is 0 Å². The highest BCUT2D eigenvalue weighted by Crippen LogP contribution is 2.07. The van der Waals surface area contributed by atoms with Crippen LogP contribution in [0.1, 0.15) is 38.7 Å². The third kappa shape index (κ3) is 16.2. The van der Waals surface area contributed by atoms with Crippen LogP contribution < -0.4 is 37.6 Å². The number of carbonyl (C=O) groups excluding carboxylic acids is 6. The predicted molar refractivity (Wildman–Crippen MR) is 166 cm³/mol. The summed E-state index contributed by atoms with van der Waals surface area (Å²) in [5.41, 5.74) is 6.08. The van der Waals surface area contributed by atoms with Crippen molar-refractivity contribution in [1.82, 2.24) is 31.9 Å². The molecule has 0 spiro atoms. The Balaban J connectivity index is 3.14. The molecule has 0 heterocycles. The Hall–Kier alpha value is -5.63. The van der Waals surface area contributed by atoms with Crippen LogP contribution in [0.2, 0.25) is 0 Å². The Morgan fingerprint density at radius 3 is 1.78 bits per heavy atom. The summed E-state index contributed by atoms with van der Waals surface area (Å²) in [7, 11) is 0. The third-order valence-corrected chi connectivity index (χ3v) is 6.64. The van der Waals surface area contributed by atoms with Gasteiger partial charge in [-0.15, -0.1) is 0 Å². The molecule has 0 aliphatic heterocycles. The van der Waals surface area contributed by atoms with E-state index in [0.29, 0.717) is 5.56 Å². The number of aliphatic carboxylic acids is 3. The number of nitrogens with one attached hydrogen (secondary N) is 6. The maximum absolute atomic E-state index is 13.4. The van der Waals surface area contributed by atoms with E-state index in [1.165, 1.54) is 13.8 Å². The van der Waals surface area contributed by atoms with Gasteiger partial charge in [0.05, 0.1) is 19.1 Å². The number of hydrogen-bond acceptors (Lipinski definition) is 11. The number of rotatable bonds is 21. The van der Waals surface area contributed by atoms with Crippen LogP contribution in [0.4, 0.5) is 0 Å². The molecular formula is C29H41N7O13. The zero-order valence-electron chi connectivity index (χ0n) is 26.6. The molecule has 6 amide bonds. The van der Waals surface area contributed by atoms with Crippen molar-refractivity contribution < 1.29 is 63.6 Å². The molecule has 12 N–H and O–H groups in total. The molecule has 0 saturated carbocycles. The summed E-state index contributed by atoms with van der Waals surface area (Å²) >= 11 is 0. The van der Waals surface area contributed by atoms with Gasteiger partial charge in [0.15, 0.2) is 0 Å². The summed E-state index contributed by atoms with van der Waals surface area (Å²) < 4.78 is 0. The van der Waals surface area contributed by atoms with E-state index in [1.54, 1.807) is 30.3 Å². The zero-order chi connectivity index (χ0) is 37.3. The SMILES string of the molecule is CC(NC(=O)C(CC(=O)O)NC(=O)C(N)C(C)O)C(=O)NC(Cc1ccccc1)C(=O)NC(CCC(=O)O)C(=O)NCC(=O)NCC(=O)O. The highest BCUT2D eigenvalue weighted by Gasteiger charge is 2.32. The summed E-state index contributed by atoms with van der Waals surface area (Å²) in [5, 5.41) is 49.8. The van der Waals surface area contributed by atoms with Gasteiger partial charge in [0.2, 0.25) is 35.4 Å². The van der Waals surface area contributed by atoms with Gasteiger partial charge in [0.1, 0.15) is 36.8 Å². The molecule has 0 fully saturated rings. The monoisotopic (exact) mass is 695 g/mol. The lowest BCUT2D eigenvalue weighted by Gasteiger charge is -2.25. The molecule has 20 heteroatoms. The Morgan fingerprint density at radius 1 is 0.653 bits per heavy atom. The molecule has 270 valence electrons. The normalized spacial score (nSPS) is 14.3. The van der Waals surface area contributed by atoms with Crippen molar-refractivity contribution >= 4 is 53.4 Å². The molecule has 49 heavy (non-hydrogen) atoms. The maximum Gasteiger partial charge on any atom is 0.322 e. The van der Waals surface area contributed by atoms with Crippen LogP contribution in [0.15, 0.2) is 30.3 Å². The van der Waals surface area contributed by atoms with Gasteiger partial charge in [-0.05, 0) is 25.8 Å². The van der Waals surface area contributed by atoms with E-state index in [2.05, 4.69) is 26.6 Å². The second kappa shape index (κ2) is 20.6. The highest BCUT2D eigenvalue weighted by atomic mass is 16.4. The van der Waals surface area contributed by atoms with Gasteiger partial charge in [0.25, 0.3) is 0 Å². The molecule has 0 aromatic heterocycles. The topological polar surface area (TPSA) is 333 Å². The van der Waals surface area contributed by atoms with Gasteiger partial charge >= 0.3 is 17.9 Å². The molecule has 1 rings (SSSR count). The van der Waals surface area contributed by atoms with Gasteiger partial charge in [0, 0.05) is 12.8 Å². The Kier molecular flexibility index (Phi) is 17.4. The van der Waals surface area contributed by atoms with Crippen LogP contribution in [0.3, 0.4) is 0 Å². The first-order valence-electron chi connectivity index (χ1n) is 14.8. The number of nitrogens with two attached hydrogens (primary N) is 1. The fourth-order valence-corrected chi connectivity index (χ4v) is 3.94. The fourth-order valence-electron chi connectivity index (χ4n) is 3.94. The Morgan fingerprint density at radius 2 is 1.22 bits per heavy atom. The van der Waals surface area contributed by atoms with Crippen molar-refractivity contribution in [3.63, 3.8) is 0 Å². The van der Waals surface area contributed by atoms with Crippen molar-refractivity contribution in [3.8, 4) is 0 Å². The number of hydrogen-bond donors (Lipinski definition) is 11. The molecule has 0 radical (unpaired) electrons. The van der Waals surface area contributed by atoms with E-state index in [0.717, 1.165) is 0 Å². The second-order valence-corrected chi connectivity index (χ2v) is 10.8. The van der Waals surface area contributed by atoms with E-state index in [1.807, 2.05) is 5.32 Å². The summed E-state index contributed by atoms with van der Waals surface area (Å²) in [6, 6.07) is 0.676. The molecule has 0 saturated heterocycles. The average molecular weight is 696 g/mol. The molecular weight excluding hydrogens is 654 g/mol. The number of carboxylic acids is 3. The standard InChI is InChI=1S/C29H41N7O13/c1-14(33-27(47)19(11-22(41)42)36-29(49)24(30)15(2)37)25(45)35-18(10-16-6-4-3-5-7-16)28(48)34-17(8-9-21(39)40)26(46)32-12-20(38)31-13-23(43)44/h3-7,14-15,17-19,24,37H,8-13,30H2,1-2H3,(H,31,38)(H,32,46)(H,33,47)(H,34,48)(H,35,45)(H,36,49)(H,39,40)(H,41,42)(H,43,44). The smallest absolute Gasteiger partial charge is 0.322 e. The first-order valence-corrected chi connectivity index (χ1v) is 14.8. The molecule has 1 aromatic carbocycles. The molecule has 6 unspecified atom stereocenters. The first kappa shape index (κ1) is 41.4. The van der Waals surface area contributed by atoms with E-state index in [4.69, 9.17) is 15.9 Å². The lowest BCUT2D eigenvalue weighted by atomic mass is 10.0. The summed E-state index contributed by atoms with van der Waals surface area (Å²) in [6.07, 6.45) is -3.41. The number of amides is 6. The molecule has 0 aliphatic carbocycles. The lowest BCUT2D eigenvalue weighted by molar-refractivity contribution is -0.141. The third-order valence-electron chi connectivity index (χ3n) is 6.64. The first-order chi connectivity index (χ1) is 22.9. The van der Waals surface area contributed by atoms with E-state index < -0.39 is 122 Å². The largest absolute Gasteiger partial charge is 0.481 e. The van der Waals surface area contributed by atoms with Gasteiger partial charge < -0.3 is 58.1 Å². The Bertz CT molecular complexity index is 1370. The van der Waals surface area contributed by atoms with Crippen LogP contribution in [0.5, 0.6) is 0 Å². The van der Waals surface area contributed by atoms with E-state index >= 15 is 0 Å². The van der Waals surface area contributed by atoms with Gasteiger partial charge in [-0.3, -0.25) is 43.2 Å². The fraction of sp³-hybridized carbons (Fsp3) is 0.483. The van der Waals surface area contributed by atoms with Gasteiger partial charge in [-0.2, -0.15) is 0 Å². The van der Waals surface area contributed by atoms with Crippen molar-refractivity contribution in [2.45, 2.75) is 75.8 Å². The molecule has 6 atom stereocenters. The maximum atomic E-state index is 13.4. The van der Waals surface area contributed by atoms with Crippen LogP contribution in [0.25, 0.3) is 0 Å². The van der Waals surface area contributed by atoms with Crippen molar-refractivity contribution in [2.75, 3.05) is 13.1 Å². The van der Waals surface area contributed by atoms with Crippen LogP contribution in [0, 0.1) is 0 Å². The second-order valence-electron chi connectivity index (χ2n) is 10.8. The minimum Gasteiger partial charge on any atom is -0.481 e. The number of carboxylic acid groups (broad SMARTS) is 3. The van der Waals surface area contributed by atoms with Gasteiger partial charge in [-0.1, -0.05) is 30.3 Å². The lowest BCUT2D eigenvalue weighted by Crippen LogP contribution is -2.59. The summed E-state index contributed by atoms with van der Waals surface area (Å²) in [6.45, 7) is 0.987. The molecule has 20 nitrogen and oxygen atoms in total. The van der Waals surface area contributed by atoms with Crippen LogP contribution in [-0.4, -0.2) is 123 Å². The Labute approximate surface area is 279 Å².